The summed E-state index contributed by atoms with van der Waals surface area (Å²) in [5, 5.41) is 12.2. The van der Waals surface area contributed by atoms with Gasteiger partial charge in [0.1, 0.15) is 23.3 Å². The van der Waals surface area contributed by atoms with E-state index in [4.69, 9.17) is 10.00 Å². The van der Waals surface area contributed by atoms with Crippen molar-refractivity contribution in [3.8, 4) is 11.8 Å². The van der Waals surface area contributed by atoms with E-state index in [9.17, 15) is 14.4 Å². The Morgan fingerprint density at radius 2 is 1.69 bits per heavy atom. The van der Waals surface area contributed by atoms with Gasteiger partial charge in [-0.1, -0.05) is 54.6 Å². The van der Waals surface area contributed by atoms with Gasteiger partial charge in [0.2, 0.25) is 5.91 Å². The van der Waals surface area contributed by atoms with Gasteiger partial charge in [-0.3, -0.25) is 19.4 Å². The van der Waals surface area contributed by atoms with E-state index in [-0.39, 0.29) is 35.4 Å². The van der Waals surface area contributed by atoms with E-state index in [0.717, 1.165) is 11.1 Å². The Morgan fingerprint density at radius 1 is 0.952 bits per heavy atom. The van der Waals surface area contributed by atoms with Gasteiger partial charge >= 0.3 is 0 Å². The number of carbonyl (C=O) groups is 3. The fraction of sp³-hybridized carbons (Fsp3) is 0.147. The molecule has 204 valence electrons. The van der Waals surface area contributed by atoms with Gasteiger partial charge in [-0.15, -0.1) is 0 Å². The number of rotatable bonds is 6. The molecule has 3 aliphatic heterocycles. The lowest BCUT2D eigenvalue weighted by Gasteiger charge is -2.38. The van der Waals surface area contributed by atoms with Crippen LogP contribution in [0.1, 0.15) is 43.4 Å². The highest BCUT2D eigenvalue weighted by Gasteiger charge is 2.70. The number of pyridine rings is 1. The topological polar surface area (TPSA) is 112 Å². The van der Waals surface area contributed by atoms with Crippen molar-refractivity contribution in [1.82, 2.24) is 9.88 Å². The number of fused-ring (bicyclic) bond motifs is 6. The maximum absolute atomic E-state index is 14.8. The molecule has 1 N–H and O–H groups in total. The number of nitrogens with one attached hydrogen (secondary N) is 1. The molecule has 0 radical (unpaired) electrons. The van der Waals surface area contributed by atoms with Crippen LogP contribution in [0.15, 0.2) is 104 Å². The van der Waals surface area contributed by atoms with Gasteiger partial charge < -0.3 is 15.0 Å². The summed E-state index contributed by atoms with van der Waals surface area (Å²) < 4.78 is 5.64. The van der Waals surface area contributed by atoms with Crippen LogP contribution >= 0.6 is 0 Å². The second-order valence-corrected chi connectivity index (χ2v) is 10.5. The molecular weight excluding hydrogens is 528 g/mol. The normalized spacial score (nSPS) is 23.0. The van der Waals surface area contributed by atoms with Crippen LogP contribution in [0.2, 0.25) is 0 Å². The number of hydrogen-bond acceptors (Lipinski definition) is 7. The molecule has 7 rings (SSSR count). The first-order chi connectivity index (χ1) is 20.6. The molecule has 8 nitrogen and oxygen atoms in total. The van der Waals surface area contributed by atoms with Crippen molar-refractivity contribution in [1.29, 1.82) is 5.26 Å². The number of hydrogen-bond donors (Lipinski definition) is 1. The summed E-state index contributed by atoms with van der Waals surface area (Å²) in [5.41, 5.74) is 2.22. The van der Waals surface area contributed by atoms with Crippen molar-refractivity contribution >= 4 is 29.2 Å². The molecule has 0 unspecified atom stereocenters. The molecule has 3 aliphatic rings. The van der Waals surface area contributed by atoms with Gasteiger partial charge in [-0.05, 0) is 53.1 Å². The van der Waals surface area contributed by atoms with E-state index in [1.807, 2.05) is 71.8 Å². The average molecular weight is 553 g/mol. The Balaban J connectivity index is 1.52. The number of Topliss-reactive ketones (excluding diaryl/α,β-unsaturated/α-hetero) is 2. The van der Waals surface area contributed by atoms with Gasteiger partial charge in [0.25, 0.3) is 0 Å². The summed E-state index contributed by atoms with van der Waals surface area (Å²) in [6, 6.07) is 25.3. The average Bonchev–Trinajstić information content (AvgIpc) is 3.52. The molecule has 1 spiro atoms. The van der Waals surface area contributed by atoms with Crippen molar-refractivity contribution in [2.45, 2.75) is 17.5 Å². The third-order valence-electron chi connectivity index (χ3n) is 8.53. The van der Waals surface area contributed by atoms with Crippen molar-refractivity contribution in [2.24, 2.45) is 5.92 Å². The van der Waals surface area contributed by atoms with Gasteiger partial charge in [-0.2, -0.15) is 5.26 Å². The van der Waals surface area contributed by atoms with Crippen LogP contribution in [-0.4, -0.2) is 40.0 Å². The number of para-hydroxylation sites is 2. The molecule has 3 aromatic carbocycles. The van der Waals surface area contributed by atoms with E-state index in [2.05, 4.69) is 10.3 Å². The molecule has 4 aromatic rings. The number of anilines is 1. The number of nitrogens with zero attached hydrogens (tertiary/aromatic N) is 3. The first-order valence-corrected chi connectivity index (χ1v) is 13.6. The molecule has 1 aromatic heterocycles. The van der Waals surface area contributed by atoms with Crippen molar-refractivity contribution in [2.75, 3.05) is 11.9 Å². The van der Waals surface area contributed by atoms with Gasteiger partial charge in [0.15, 0.2) is 18.2 Å². The van der Waals surface area contributed by atoms with Crippen molar-refractivity contribution in [3.05, 3.63) is 131 Å². The highest BCUT2D eigenvalue weighted by molar-refractivity contribution is 6.17. The quantitative estimate of drug-likeness (QED) is 0.336. The molecule has 1 saturated heterocycles. The summed E-state index contributed by atoms with van der Waals surface area (Å²) in [6.07, 6.45) is 6.80. The molecule has 1 fully saturated rings. The zero-order valence-corrected chi connectivity index (χ0v) is 22.3. The van der Waals surface area contributed by atoms with Crippen LogP contribution in [0.4, 0.5) is 5.69 Å². The Morgan fingerprint density at radius 3 is 2.52 bits per heavy atom. The Bertz CT molecular complexity index is 1830. The smallest absolute Gasteiger partial charge is 0.238 e. The molecular formula is C34H24N4O4. The minimum Gasteiger partial charge on any atom is -0.478 e. The Hall–Kier alpha value is -5.55. The minimum absolute atomic E-state index is 0.236. The number of benzene rings is 3. The largest absolute Gasteiger partial charge is 0.478 e. The number of aromatic nitrogens is 1. The van der Waals surface area contributed by atoms with Crippen LogP contribution in [0.5, 0.6) is 5.75 Å². The summed E-state index contributed by atoms with van der Waals surface area (Å²) in [6.45, 7) is -0.242. The van der Waals surface area contributed by atoms with Crippen molar-refractivity contribution < 1.29 is 19.1 Å². The number of nitriles is 1. The highest BCUT2D eigenvalue weighted by atomic mass is 16.5. The molecule has 0 bridgehead atoms. The van der Waals surface area contributed by atoms with E-state index >= 15 is 0 Å². The van der Waals surface area contributed by atoms with E-state index < -0.39 is 23.4 Å². The zero-order valence-electron chi connectivity index (χ0n) is 22.3. The standard InChI is InChI=1S/C34H24N4O4/c35-16-20-42-27-12-6-3-9-24(27)31(40)29-28(30(39)22-13-17-36-18-14-22)34(25-10-4-5-11-26(25)37-33(34)41)32-23-8-2-1-7-21(23)15-19-38(29)32/h1-15,17-19,28-29,32H,20H2,(H,37,41)/t28-,29+,32+,34-/m1/s1. The third-order valence-corrected chi connectivity index (χ3v) is 8.53. The first kappa shape index (κ1) is 25.4. The van der Waals surface area contributed by atoms with Crippen LogP contribution in [-0.2, 0) is 10.2 Å². The Labute approximate surface area is 241 Å². The van der Waals surface area contributed by atoms with Crippen molar-refractivity contribution in [3.63, 3.8) is 0 Å². The van der Waals surface area contributed by atoms with Crippen LogP contribution in [0, 0.1) is 17.2 Å². The maximum Gasteiger partial charge on any atom is 0.238 e. The maximum atomic E-state index is 14.8. The SMILES string of the molecule is N#CCOc1ccccc1C(=O)[C@@H]1[C@H](C(=O)c2ccncc2)[C@@]2(C(=O)Nc3ccccc32)[C@@H]2c3ccccc3C=CN12. The lowest BCUT2D eigenvalue weighted by Crippen LogP contribution is -2.49. The molecule has 4 atom stereocenters. The van der Waals surface area contributed by atoms with Crippen LogP contribution < -0.4 is 10.1 Å². The molecule has 0 saturated carbocycles. The summed E-state index contributed by atoms with van der Waals surface area (Å²) in [7, 11) is 0. The summed E-state index contributed by atoms with van der Waals surface area (Å²) >= 11 is 0. The lowest BCUT2D eigenvalue weighted by atomic mass is 9.62. The van der Waals surface area contributed by atoms with E-state index in [1.165, 1.54) is 12.4 Å². The monoisotopic (exact) mass is 552 g/mol. The van der Waals surface area contributed by atoms with Gasteiger partial charge in [0.05, 0.1) is 17.5 Å². The van der Waals surface area contributed by atoms with Crippen LogP contribution in [0.3, 0.4) is 0 Å². The highest BCUT2D eigenvalue weighted by Crippen LogP contribution is 2.62. The number of ether oxygens (including phenoxy) is 1. The summed E-state index contributed by atoms with van der Waals surface area (Å²) in [4.78, 5) is 49.9. The van der Waals surface area contributed by atoms with Gasteiger partial charge in [0, 0.05) is 29.8 Å². The zero-order chi connectivity index (χ0) is 28.8. The number of carbonyl (C=O) groups excluding carboxylic acids is 3. The molecule has 1 amide bonds. The fourth-order valence-electron chi connectivity index (χ4n) is 6.93. The van der Waals surface area contributed by atoms with E-state index in [1.54, 1.807) is 36.4 Å². The second kappa shape index (κ2) is 9.82. The van der Waals surface area contributed by atoms with Crippen LogP contribution in [0.25, 0.3) is 6.08 Å². The summed E-state index contributed by atoms with van der Waals surface area (Å²) in [5.74, 6) is -1.91. The predicted molar refractivity (Wildman–Crippen MR) is 155 cm³/mol. The third kappa shape index (κ3) is 3.53. The van der Waals surface area contributed by atoms with E-state index in [0.29, 0.717) is 16.8 Å². The molecule has 4 heterocycles. The Kier molecular flexibility index (Phi) is 5.94. The number of amides is 1. The minimum atomic E-state index is -1.43. The molecule has 8 heteroatoms. The predicted octanol–water partition coefficient (Wildman–Crippen LogP) is 4.97. The molecule has 42 heavy (non-hydrogen) atoms. The van der Waals surface area contributed by atoms with Gasteiger partial charge in [-0.25, -0.2) is 0 Å². The first-order valence-electron chi connectivity index (χ1n) is 13.6. The fourth-order valence-corrected chi connectivity index (χ4v) is 6.93. The second-order valence-electron chi connectivity index (χ2n) is 10.5. The molecule has 0 aliphatic carbocycles. The number of ketones is 2. The lowest BCUT2D eigenvalue weighted by molar-refractivity contribution is -0.122.